The van der Waals surface area contributed by atoms with Crippen LogP contribution in [0.4, 0.5) is 5.95 Å². The molecule has 0 radical (unpaired) electrons. The van der Waals surface area contributed by atoms with Gasteiger partial charge >= 0.3 is 0 Å². The summed E-state index contributed by atoms with van der Waals surface area (Å²) in [4.78, 5) is 0. The molecule has 0 aromatic carbocycles. The highest BCUT2D eigenvalue weighted by atomic mass is 16.3. The number of hydrogen-bond acceptors (Lipinski definition) is 5. The fourth-order valence-corrected chi connectivity index (χ4v) is 2.84. The number of allylic oxidation sites excluding steroid dienone is 2. The van der Waals surface area contributed by atoms with E-state index in [2.05, 4.69) is 20.8 Å². The third-order valence-electron chi connectivity index (χ3n) is 3.65. The Morgan fingerprint density at radius 2 is 2.28 bits per heavy atom. The predicted molar refractivity (Wildman–Crippen MR) is 63.8 cm³/mol. The van der Waals surface area contributed by atoms with E-state index < -0.39 is 0 Å². The molecule has 1 unspecified atom stereocenters. The van der Waals surface area contributed by atoms with Crippen LogP contribution >= 0.6 is 0 Å². The van der Waals surface area contributed by atoms with Gasteiger partial charge in [-0.1, -0.05) is 5.10 Å². The van der Waals surface area contributed by atoms with Gasteiger partial charge in [-0.25, -0.2) is 0 Å². The van der Waals surface area contributed by atoms with Gasteiger partial charge in [0.2, 0.25) is 5.95 Å². The SMILES string of the molecule is c1coc(C2C3=C(CCCC3)Nc3nnnn32)c1. The molecule has 4 rings (SSSR count). The predicted octanol–water partition coefficient (Wildman–Crippen LogP) is 2.11. The average Bonchev–Trinajstić information content (AvgIpc) is 3.06. The second-order valence-electron chi connectivity index (χ2n) is 4.70. The first-order chi connectivity index (χ1) is 8.93. The van der Waals surface area contributed by atoms with E-state index in [1.807, 2.05) is 16.8 Å². The topological polar surface area (TPSA) is 68.8 Å². The second-order valence-corrected chi connectivity index (χ2v) is 4.70. The molecule has 0 saturated carbocycles. The average molecular weight is 243 g/mol. The van der Waals surface area contributed by atoms with Gasteiger partial charge in [0.25, 0.3) is 0 Å². The number of fused-ring (bicyclic) bond motifs is 1. The first kappa shape index (κ1) is 9.87. The van der Waals surface area contributed by atoms with Crippen molar-refractivity contribution in [2.24, 2.45) is 0 Å². The zero-order chi connectivity index (χ0) is 11.9. The highest BCUT2D eigenvalue weighted by Gasteiger charge is 2.33. The molecule has 2 aromatic rings. The second kappa shape index (κ2) is 3.69. The molecule has 6 heteroatoms. The highest BCUT2D eigenvalue weighted by Crippen LogP contribution is 2.40. The Kier molecular flexibility index (Phi) is 2.03. The molecule has 1 N–H and O–H groups in total. The summed E-state index contributed by atoms with van der Waals surface area (Å²) in [5, 5.41) is 15.2. The van der Waals surface area contributed by atoms with Gasteiger partial charge in [0.15, 0.2) is 0 Å². The summed E-state index contributed by atoms with van der Waals surface area (Å²) in [5.41, 5.74) is 2.63. The first-order valence-corrected chi connectivity index (χ1v) is 6.24. The zero-order valence-electron chi connectivity index (χ0n) is 9.83. The number of furan rings is 1. The molecule has 6 nitrogen and oxygen atoms in total. The third-order valence-corrected chi connectivity index (χ3v) is 3.65. The van der Waals surface area contributed by atoms with Crippen molar-refractivity contribution in [3.63, 3.8) is 0 Å². The summed E-state index contributed by atoms with van der Waals surface area (Å²) >= 11 is 0. The molecule has 2 aliphatic rings. The van der Waals surface area contributed by atoms with E-state index in [0.29, 0.717) is 5.95 Å². The summed E-state index contributed by atoms with van der Waals surface area (Å²) in [6.45, 7) is 0. The van der Waals surface area contributed by atoms with Gasteiger partial charge in [-0.3, -0.25) is 0 Å². The van der Waals surface area contributed by atoms with Crippen LogP contribution in [-0.2, 0) is 0 Å². The lowest BCUT2D eigenvalue weighted by molar-refractivity contribution is 0.412. The fraction of sp³-hybridized carbons (Fsp3) is 0.417. The minimum atomic E-state index is 0.0153. The molecule has 18 heavy (non-hydrogen) atoms. The molecule has 2 aromatic heterocycles. The van der Waals surface area contributed by atoms with E-state index in [-0.39, 0.29) is 6.04 Å². The van der Waals surface area contributed by atoms with Crippen LogP contribution in [0.25, 0.3) is 0 Å². The molecule has 3 heterocycles. The first-order valence-electron chi connectivity index (χ1n) is 6.24. The zero-order valence-corrected chi connectivity index (χ0v) is 9.83. The van der Waals surface area contributed by atoms with Crippen LogP contribution in [-0.4, -0.2) is 20.2 Å². The summed E-state index contributed by atoms with van der Waals surface area (Å²) in [6, 6.07) is 3.91. The van der Waals surface area contributed by atoms with E-state index >= 15 is 0 Å². The maximum Gasteiger partial charge on any atom is 0.248 e. The van der Waals surface area contributed by atoms with Crippen LogP contribution in [0, 0.1) is 0 Å². The maximum absolute atomic E-state index is 5.57. The van der Waals surface area contributed by atoms with Crippen LogP contribution in [0.2, 0.25) is 0 Å². The van der Waals surface area contributed by atoms with Crippen molar-refractivity contribution in [3.05, 3.63) is 35.4 Å². The van der Waals surface area contributed by atoms with Gasteiger partial charge < -0.3 is 9.73 Å². The van der Waals surface area contributed by atoms with E-state index in [0.717, 1.165) is 18.6 Å². The monoisotopic (exact) mass is 243 g/mol. The third kappa shape index (κ3) is 1.32. The summed E-state index contributed by atoms with van der Waals surface area (Å²) in [5.74, 6) is 1.61. The molecule has 0 bridgehead atoms. The Hall–Kier alpha value is -2.11. The molecular weight excluding hydrogens is 230 g/mol. The van der Waals surface area contributed by atoms with Crippen LogP contribution in [0.3, 0.4) is 0 Å². The van der Waals surface area contributed by atoms with Crippen molar-refractivity contribution in [3.8, 4) is 0 Å². The number of aromatic nitrogens is 4. The molecule has 0 saturated heterocycles. The number of rotatable bonds is 1. The normalized spacial score (nSPS) is 22.3. The van der Waals surface area contributed by atoms with Gasteiger partial charge in [0.1, 0.15) is 11.8 Å². The molecule has 92 valence electrons. The largest absolute Gasteiger partial charge is 0.467 e. The van der Waals surface area contributed by atoms with Gasteiger partial charge in [-0.05, 0) is 53.8 Å². The summed E-state index contributed by atoms with van der Waals surface area (Å²) in [7, 11) is 0. The Bertz CT molecular complexity index is 598. The molecular formula is C12H13N5O. The molecule has 1 atom stereocenters. The van der Waals surface area contributed by atoms with Crippen LogP contribution in [0.15, 0.2) is 34.1 Å². The van der Waals surface area contributed by atoms with E-state index in [1.54, 1.807) is 6.26 Å². The highest BCUT2D eigenvalue weighted by molar-refractivity contribution is 5.46. The summed E-state index contributed by atoms with van der Waals surface area (Å²) in [6.07, 6.45) is 6.28. The molecule has 1 aliphatic carbocycles. The van der Waals surface area contributed by atoms with Gasteiger partial charge in [-0.2, -0.15) is 4.68 Å². The van der Waals surface area contributed by atoms with E-state index in [4.69, 9.17) is 4.42 Å². The van der Waals surface area contributed by atoms with E-state index in [1.165, 1.54) is 24.1 Å². The van der Waals surface area contributed by atoms with Crippen molar-refractivity contribution in [2.45, 2.75) is 31.7 Å². The Morgan fingerprint density at radius 3 is 3.17 bits per heavy atom. The number of anilines is 1. The van der Waals surface area contributed by atoms with Crippen LogP contribution in [0.1, 0.15) is 37.5 Å². The quantitative estimate of drug-likeness (QED) is 0.830. The Labute approximate surface area is 104 Å². The van der Waals surface area contributed by atoms with Crippen molar-refractivity contribution in [2.75, 3.05) is 5.32 Å². The van der Waals surface area contributed by atoms with Gasteiger partial charge in [0, 0.05) is 5.70 Å². The van der Waals surface area contributed by atoms with Crippen molar-refractivity contribution >= 4 is 5.95 Å². The Morgan fingerprint density at radius 1 is 1.33 bits per heavy atom. The van der Waals surface area contributed by atoms with Crippen molar-refractivity contribution in [1.29, 1.82) is 0 Å². The van der Waals surface area contributed by atoms with Crippen molar-refractivity contribution < 1.29 is 4.42 Å². The number of nitrogens with zero attached hydrogens (tertiary/aromatic N) is 4. The van der Waals surface area contributed by atoms with Crippen LogP contribution < -0.4 is 5.32 Å². The number of hydrogen-bond donors (Lipinski definition) is 1. The maximum atomic E-state index is 5.57. The van der Waals surface area contributed by atoms with Crippen LogP contribution in [0.5, 0.6) is 0 Å². The molecule has 0 amide bonds. The minimum absolute atomic E-state index is 0.0153. The molecule has 0 fully saturated rings. The van der Waals surface area contributed by atoms with Crippen molar-refractivity contribution in [1.82, 2.24) is 20.2 Å². The molecule has 0 spiro atoms. The lowest BCUT2D eigenvalue weighted by Crippen LogP contribution is -2.27. The smallest absolute Gasteiger partial charge is 0.248 e. The van der Waals surface area contributed by atoms with Gasteiger partial charge in [-0.15, -0.1) is 0 Å². The number of tetrazole rings is 1. The van der Waals surface area contributed by atoms with E-state index in [9.17, 15) is 0 Å². The Balaban J connectivity index is 1.89. The lowest BCUT2D eigenvalue weighted by Gasteiger charge is -2.31. The van der Waals surface area contributed by atoms with Gasteiger partial charge in [0.05, 0.1) is 6.26 Å². The fourth-order valence-electron chi connectivity index (χ4n) is 2.84. The lowest BCUT2D eigenvalue weighted by atomic mass is 9.89. The number of nitrogens with one attached hydrogen (secondary N) is 1. The molecule has 1 aliphatic heterocycles. The standard InChI is InChI=1S/C12H13N5O/c1-2-5-9-8(4-1)11(10-6-3-7-18-10)17-12(13-9)14-15-16-17/h3,6-7,11H,1-2,4-5H2,(H,13,14,16). The minimum Gasteiger partial charge on any atom is -0.467 e. The summed E-state index contributed by atoms with van der Waals surface area (Å²) < 4.78 is 7.38.